The molecule has 0 bridgehead atoms. The first-order valence-electron chi connectivity index (χ1n) is 5.96. The van der Waals surface area contributed by atoms with Crippen molar-refractivity contribution in [1.82, 2.24) is 0 Å². The number of hydrogen-bond acceptors (Lipinski definition) is 2. The van der Waals surface area contributed by atoms with Crippen LogP contribution in [0, 0.1) is 13.8 Å². The summed E-state index contributed by atoms with van der Waals surface area (Å²) in [4.78, 5) is 0. The molecular weight excluding hydrogens is 326 g/mol. The molecule has 100 valence electrons. The summed E-state index contributed by atoms with van der Waals surface area (Å²) in [7, 11) is 0. The van der Waals surface area contributed by atoms with E-state index in [9.17, 15) is 5.11 Å². The van der Waals surface area contributed by atoms with Gasteiger partial charge in [0.15, 0.2) is 0 Å². The Bertz CT molecular complexity index is 570. The average Bonchev–Trinajstić information content (AvgIpc) is 2.31. The molecule has 0 aliphatic rings. The molecule has 19 heavy (non-hydrogen) atoms. The first-order valence-corrected chi connectivity index (χ1v) is 7.13. The lowest BCUT2D eigenvalue weighted by molar-refractivity contribution is 0.469. The molecule has 0 amide bonds. The number of aryl methyl sites for hydroxylation is 2. The highest BCUT2D eigenvalue weighted by Gasteiger charge is 2.09. The van der Waals surface area contributed by atoms with Gasteiger partial charge in [0.05, 0.1) is 5.69 Å². The van der Waals surface area contributed by atoms with Crippen molar-refractivity contribution in [2.24, 2.45) is 0 Å². The fourth-order valence-corrected chi connectivity index (χ4v) is 3.09. The molecule has 2 aromatic carbocycles. The van der Waals surface area contributed by atoms with E-state index in [0.717, 1.165) is 15.7 Å². The van der Waals surface area contributed by atoms with Crippen LogP contribution in [0.2, 0.25) is 5.02 Å². The molecule has 0 heterocycles. The number of hydrogen-bond donors (Lipinski definition) is 2. The summed E-state index contributed by atoms with van der Waals surface area (Å²) < 4.78 is 1.01. The summed E-state index contributed by atoms with van der Waals surface area (Å²) in [6.07, 6.45) is 0. The number of phenols is 1. The lowest BCUT2D eigenvalue weighted by Gasteiger charge is -2.14. The number of anilines is 1. The van der Waals surface area contributed by atoms with Crippen LogP contribution in [0.15, 0.2) is 34.8 Å². The number of benzene rings is 2. The van der Waals surface area contributed by atoms with Crippen molar-refractivity contribution >= 4 is 33.2 Å². The Kier molecular flexibility index (Phi) is 4.38. The smallest absolute Gasteiger partial charge is 0.122 e. The topological polar surface area (TPSA) is 32.3 Å². The number of phenolic OH excluding ortho intramolecular Hbond substituents is 1. The molecule has 4 heteroatoms. The van der Waals surface area contributed by atoms with Gasteiger partial charge in [-0.3, -0.25) is 0 Å². The van der Waals surface area contributed by atoms with Crippen LogP contribution in [0.3, 0.4) is 0 Å². The highest BCUT2D eigenvalue weighted by atomic mass is 79.9. The van der Waals surface area contributed by atoms with Crippen molar-refractivity contribution in [3.8, 4) is 5.75 Å². The summed E-state index contributed by atoms with van der Waals surface area (Å²) in [5.74, 6) is 0.209. The Morgan fingerprint density at radius 1 is 1.26 bits per heavy atom. The lowest BCUT2D eigenvalue weighted by Crippen LogP contribution is -2.03. The fraction of sp³-hybridized carbons (Fsp3) is 0.200. The Hall–Kier alpha value is -1.19. The first-order chi connectivity index (χ1) is 8.99. The number of nitrogens with one attached hydrogen (secondary N) is 1. The summed E-state index contributed by atoms with van der Waals surface area (Å²) in [6.45, 7) is 4.59. The second-order valence-electron chi connectivity index (χ2n) is 4.53. The van der Waals surface area contributed by atoms with Crippen LogP contribution in [0.4, 0.5) is 5.69 Å². The molecule has 0 atom stereocenters. The van der Waals surface area contributed by atoms with Gasteiger partial charge in [-0.15, -0.1) is 0 Å². The third-order valence-electron chi connectivity index (χ3n) is 2.97. The second-order valence-corrected chi connectivity index (χ2v) is 5.79. The van der Waals surface area contributed by atoms with Crippen molar-refractivity contribution in [2.75, 3.05) is 5.32 Å². The van der Waals surface area contributed by atoms with Gasteiger partial charge in [-0.25, -0.2) is 0 Å². The van der Waals surface area contributed by atoms with Gasteiger partial charge < -0.3 is 10.4 Å². The van der Waals surface area contributed by atoms with Crippen molar-refractivity contribution in [3.63, 3.8) is 0 Å². The number of halogens is 2. The van der Waals surface area contributed by atoms with E-state index in [1.807, 2.05) is 6.92 Å². The molecule has 0 fully saturated rings. The Balaban J connectivity index is 2.24. The third kappa shape index (κ3) is 3.23. The Morgan fingerprint density at radius 2 is 2.00 bits per heavy atom. The summed E-state index contributed by atoms with van der Waals surface area (Å²) in [5, 5.41) is 13.7. The van der Waals surface area contributed by atoms with E-state index in [1.165, 1.54) is 5.56 Å². The maximum Gasteiger partial charge on any atom is 0.122 e. The van der Waals surface area contributed by atoms with E-state index >= 15 is 0 Å². The van der Waals surface area contributed by atoms with Gasteiger partial charge in [0.25, 0.3) is 0 Å². The maximum absolute atomic E-state index is 9.82. The first kappa shape index (κ1) is 14.2. The van der Waals surface area contributed by atoms with Crippen LogP contribution in [0.1, 0.15) is 16.7 Å². The van der Waals surface area contributed by atoms with Crippen molar-refractivity contribution in [2.45, 2.75) is 20.4 Å². The minimum absolute atomic E-state index is 0.209. The number of rotatable bonds is 3. The largest absolute Gasteiger partial charge is 0.508 e. The molecule has 0 aromatic heterocycles. The van der Waals surface area contributed by atoms with E-state index in [1.54, 1.807) is 18.2 Å². The van der Waals surface area contributed by atoms with Gasteiger partial charge in [-0.1, -0.05) is 23.7 Å². The molecule has 2 nitrogen and oxygen atoms in total. The fourth-order valence-electron chi connectivity index (χ4n) is 2.04. The van der Waals surface area contributed by atoms with Crippen molar-refractivity contribution < 1.29 is 5.11 Å². The SMILES string of the molecule is Cc1cc(C)c(NCc2c(O)cccc2Cl)c(Br)c1. The molecule has 2 N–H and O–H groups in total. The van der Waals surface area contributed by atoms with E-state index in [0.29, 0.717) is 17.1 Å². The molecule has 0 aliphatic heterocycles. The zero-order valence-corrected chi connectivity index (χ0v) is 13.1. The van der Waals surface area contributed by atoms with Crippen molar-refractivity contribution in [1.29, 1.82) is 0 Å². The van der Waals surface area contributed by atoms with Gasteiger partial charge in [-0.2, -0.15) is 0 Å². The molecular formula is C15H15BrClNO. The summed E-state index contributed by atoms with van der Waals surface area (Å²) in [5.41, 5.74) is 4.08. The third-order valence-corrected chi connectivity index (χ3v) is 3.95. The van der Waals surface area contributed by atoms with Crippen LogP contribution < -0.4 is 5.32 Å². The van der Waals surface area contributed by atoms with Crippen molar-refractivity contribution in [3.05, 3.63) is 56.5 Å². The highest BCUT2D eigenvalue weighted by molar-refractivity contribution is 9.10. The molecule has 2 aromatic rings. The zero-order valence-electron chi connectivity index (χ0n) is 10.8. The van der Waals surface area contributed by atoms with Gasteiger partial charge in [-0.05, 0) is 59.1 Å². The molecule has 0 aliphatic carbocycles. The second kappa shape index (κ2) is 5.85. The van der Waals surface area contributed by atoms with Gasteiger partial charge in [0.2, 0.25) is 0 Å². The molecule has 0 saturated carbocycles. The molecule has 0 unspecified atom stereocenters. The van der Waals surface area contributed by atoms with E-state index in [4.69, 9.17) is 11.6 Å². The molecule has 0 spiro atoms. The van der Waals surface area contributed by atoms with Gasteiger partial charge in [0.1, 0.15) is 5.75 Å². The van der Waals surface area contributed by atoms with E-state index in [-0.39, 0.29) is 5.75 Å². The summed E-state index contributed by atoms with van der Waals surface area (Å²) in [6, 6.07) is 9.31. The normalized spacial score (nSPS) is 10.5. The highest BCUT2D eigenvalue weighted by Crippen LogP contribution is 2.30. The average molecular weight is 341 g/mol. The quantitative estimate of drug-likeness (QED) is 0.820. The van der Waals surface area contributed by atoms with E-state index < -0.39 is 0 Å². The predicted molar refractivity (Wildman–Crippen MR) is 84.1 cm³/mol. The van der Waals surface area contributed by atoms with Crippen LogP contribution in [-0.2, 0) is 6.54 Å². The molecule has 0 saturated heterocycles. The van der Waals surface area contributed by atoms with E-state index in [2.05, 4.69) is 40.3 Å². The van der Waals surface area contributed by atoms with Crippen LogP contribution in [-0.4, -0.2) is 5.11 Å². The van der Waals surface area contributed by atoms with Crippen LogP contribution in [0.5, 0.6) is 5.75 Å². The Morgan fingerprint density at radius 3 is 2.63 bits per heavy atom. The standard InChI is InChI=1S/C15H15BrClNO/c1-9-6-10(2)15(12(16)7-9)18-8-11-13(17)4-3-5-14(11)19/h3-7,18-19H,8H2,1-2H3. The molecule has 2 rings (SSSR count). The number of aromatic hydroxyl groups is 1. The minimum Gasteiger partial charge on any atom is -0.508 e. The summed E-state index contributed by atoms with van der Waals surface area (Å²) >= 11 is 9.64. The molecule has 0 radical (unpaired) electrons. The van der Waals surface area contributed by atoms with Crippen LogP contribution >= 0.6 is 27.5 Å². The van der Waals surface area contributed by atoms with Gasteiger partial charge >= 0.3 is 0 Å². The van der Waals surface area contributed by atoms with Gasteiger partial charge in [0, 0.05) is 21.6 Å². The zero-order chi connectivity index (χ0) is 14.0. The minimum atomic E-state index is 0.209. The lowest BCUT2D eigenvalue weighted by atomic mass is 10.1. The van der Waals surface area contributed by atoms with Crippen LogP contribution in [0.25, 0.3) is 0 Å². The maximum atomic E-state index is 9.82. The monoisotopic (exact) mass is 339 g/mol. The Labute approximate surface area is 126 Å². The predicted octanol–water partition coefficient (Wildman–Crippen LogP) is 5.04.